The van der Waals surface area contributed by atoms with Crippen LogP contribution in [0.2, 0.25) is 0 Å². The van der Waals surface area contributed by atoms with Crippen LogP contribution in [-0.2, 0) is 13.6 Å². The van der Waals surface area contributed by atoms with Gasteiger partial charge < -0.3 is 5.32 Å². The Labute approximate surface area is 130 Å². The smallest absolute Gasteiger partial charge is 0.310 e. The van der Waals surface area contributed by atoms with E-state index in [1.165, 1.54) is 21.9 Å². The van der Waals surface area contributed by atoms with Gasteiger partial charge in [-0.15, -0.1) is 5.10 Å². The first kappa shape index (κ1) is 15.3. The van der Waals surface area contributed by atoms with Gasteiger partial charge in [-0.3, -0.25) is 4.57 Å². The number of rotatable bonds is 5. The lowest BCUT2D eigenvalue weighted by Gasteiger charge is -2.12. The molecular formula is C13H17BrN4OS. The summed E-state index contributed by atoms with van der Waals surface area (Å²) in [5, 5.41) is 10.5. The average Bonchev–Trinajstić information content (AvgIpc) is 2.70. The molecule has 2 aromatic rings. The Kier molecular flexibility index (Phi) is 5.06. The van der Waals surface area contributed by atoms with Gasteiger partial charge in [0.15, 0.2) is 5.16 Å². The maximum atomic E-state index is 11.4. The van der Waals surface area contributed by atoms with E-state index in [0.29, 0.717) is 11.2 Å². The van der Waals surface area contributed by atoms with Gasteiger partial charge in [-0.2, -0.15) is 0 Å². The average molecular weight is 357 g/mol. The van der Waals surface area contributed by atoms with Crippen LogP contribution in [0.5, 0.6) is 0 Å². The minimum atomic E-state index is -0.204. The van der Waals surface area contributed by atoms with Crippen molar-refractivity contribution < 1.29 is 0 Å². The molecule has 2 N–H and O–H groups in total. The quantitative estimate of drug-likeness (QED) is 0.863. The van der Waals surface area contributed by atoms with Crippen LogP contribution < -0.4 is 11.0 Å². The van der Waals surface area contributed by atoms with Gasteiger partial charge >= 0.3 is 5.69 Å². The van der Waals surface area contributed by atoms with E-state index in [9.17, 15) is 4.79 Å². The fraction of sp³-hybridized carbons (Fsp3) is 0.385. The maximum Gasteiger partial charge on any atom is 0.343 e. The summed E-state index contributed by atoms with van der Waals surface area (Å²) in [6, 6.07) is 6.56. The summed E-state index contributed by atoms with van der Waals surface area (Å²) < 4.78 is 2.51. The number of aromatic amines is 1. The summed E-state index contributed by atoms with van der Waals surface area (Å²) in [6.45, 7) is 5.01. The molecule has 0 unspecified atom stereocenters. The summed E-state index contributed by atoms with van der Waals surface area (Å²) in [7, 11) is 1.71. The molecule has 0 aliphatic rings. The summed E-state index contributed by atoms with van der Waals surface area (Å²) >= 11 is 4.96. The van der Waals surface area contributed by atoms with Crippen molar-refractivity contribution in [1.29, 1.82) is 0 Å². The standard InChI is InChI=1S/C13H17BrN4OS/c1-8(2)15-7-9-4-5-10(14)6-11(9)20-13-17-16-12(19)18(13)3/h4-6,8,15H,7H2,1-3H3,(H,16,19). The molecule has 108 valence electrons. The van der Waals surface area contributed by atoms with E-state index in [0.717, 1.165) is 15.9 Å². The van der Waals surface area contributed by atoms with Crippen LogP contribution in [0.3, 0.4) is 0 Å². The molecule has 0 aliphatic heterocycles. The van der Waals surface area contributed by atoms with Crippen LogP contribution in [0, 0.1) is 0 Å². The van der Waals surface area contributed by atoms with E-state index < -0.39 is 0 Å². The molecule has 2 rings (SSSR count). The monoisotopic (exact) mass is 356 g/mol. The SMILES string of the molecule is CC(C)NCc1ccc(Br)cc1Sc1n[nH]c(=O)n1C. The van der Waals surface area contributed by atoms with Gasteiger partial charge in [0.1, 0.15) is 0 Å². The largest absolute Gasteiger partial charge is 0.343 e. The Morgan fingerprint density at radius 1 is 1.50 bits per heavy atom. The lowest BCUT2D eigenvalue weighted by atomic mass is 10.2. The number of nitrogens with zero attached hydrogens (tertiary/aromatic N) is 2. The molecule has 0 amide bonds. The van der Waals surface area contributed by atoms with E-state index in [-0.39, 0.29) is 5.69 Å². The third kappa shape index (κ3) is 3.74. The highest BCUT2D eigenvalue weighted by atomic mass is 79.9. The van der Waals surface area contributed by atoms with E-state index in [1.54, 1.807) is 7.05 Å². The minimum absolute atomic E-state index is 0.204. The third-order valence-electron chi connectivity index (χ3n) is 2.77. The number of hydrogen-bond donors (Lipinski definition) is 2. The van der Waals surface area contributed by atoms with Gasteiger partial charge in [-0.1, -0.05) is 35.8 Å². The Hall–Kier alpha value is -1.05. The van der Waals surface area contributed by atoms with E-state index >= 15 is 0 Å². The topological polar surface area (TPSA) is 62.7 Å². The fourth-order valence-corrected chi connectivity index (χ4v) is 3.08. The Morgan fingerprint density at radius 2 is 2.25 bits per heavy atom. The lowest BCUT2D eigenvalue weighted by molar-refractivity contribution is 0.584. The molecule has 5 nitrogen and oxygen atoms in total. The first-order chi connectivity index (χ1) is 9.47. The zero-order valence-electron chi connectivity index (χ0n) is 11.6. The molecule has 0 bridgehead atoms. The molecule has 0 radical (unpaired) electrons. The molecule has 0 atom stereocenters. The van der Waals surface area contributed by atoms with Gasteiger partial charge in [0, 0.05) is 29.0 Å². The van der Waals surface area contributed by atoms with Crippen molar-refractivity contribution in [3.63, 3.8) is 0 Å². The summed E-state index contributed by atoms with van der Waals surface area (Å²) in [6.07, 6.45) is 0. The number of halogens is 1. The zero-order chi connectivity index (χ0) is 14.7. The molecule has 0 spiro atoms. The van der Waals surface area contributed by atoms with Crippen LogP contribution >= 0.6 is 27.7 Å². The van der Waals surface area contributed by atoms with Gasteiger partial charge in [0.2, 0.25) is 0 Å². The van der Waals surface area contributed by atoms with E-state index in [1.807, 2.05) is 12.1 Å². The number of hydrogen-bond acceptors (Lipinski definition) is 4. The molecule has 0 saturated carbocycles. The van der Waals surface area contributed by atoms with Crippen LogP contribution in [0.25, 0.3) is 0 Å². The molecule has 0 saturated heterocycles. The number of aromatic nitrogens is 3. The van der Waals surface area contributed by atoms with Crippen molar-refractivity contribution >= 4 is 27.7 Å². The number of H-pyrrole nitrogens is 1. The third-order valence-corrected chi connectivity index (χ3v) is 4.41. The molecule has 1 heterocycles. The number of benzene rings is 1. The predicted molar refractivity (Wildman–Crippen MR) is 84.1 cm³/mol. The molecule has 0 fully saturated rings. The highest BCUT2D eigenvalue weighted by Crippen LogP contribution is 2.30. The van der Waals surface area contributed by atoms with Crippen molar-refractivity contribution in [3.05, 3.63) is 38.7 Å². The fourth-order valence-electron chi connectivity index (χ4n) is 1.61. The van der Waals surface area contributed by atoms with Crippen LogP contribution in [-0.4, -0.2) is 20.8 Å². The van der Waals surface area contributed by atoms with Crippen LogP contribution in [0.1, 0.15) is 19.4 Å². The Morgan fingerprint density at radius 3 is 2.85 bits per heavy atom. The molecule has 7 heteroatoms. The first-order valence-electron chi connectivity index (χ1n) is 6.28. The van der Waals surface area contributed by atoms with Crippen LogP contribution in [0.4, 0.5) is 0 Å². The first-order valence-corrected chi connectivity index (χ1v) is 7.89. The van der Waals surface area contributed by atoms with Crippen LogP contribution in [0.15, 0.2) is 37.5 Å². The molecule has 20 heavy (non-hydrogen) atoms. The molecular weight excluding hydrogens is 340 g/mol. The normalized spacial score (nSPS) is 11.2. The second-order valence-corrected chi connectivity index (χ2v) is 6.68. The highest BCUT2D eigenvalue weighted by molar-refractivity contribution is 9.10. The lowest BCUT2D eigenvalue weighted by Crippen LogP contribution is -2.22. The van der Waals surface area contributed by atoms with Crippen molar-refractivity contribution in [3.8, 4) is 0 Å². The van der Waals surface area contributed by atoms with Gasteiger partial charge in [-0.25, -0.2) is 9.89 Å². The second kappa shape index (κ2) is 6.60. The zero-order valence-corrected chi connectivity index (χ0v) is 14.0. The van der Waals surface area contributed by atoms with E-state index in [4.69, 9.17) is 0 Å². The van der Waals surface area contributed by atoms with Crippen molar-refractivity contribution in [2.75, 3.05) is 0 Å². The van der Waals surface area contributed by atoms with Crippen molar-refractivity contribution in [2.24, 2.45) is 7.05 Å². The van der Waals surface area contributed by atoms with Gasteiger partial charge in [0.25, 0.3) is 0 Å². The molecule has 1 aromatic heterocycles. The number of nitrogens with one attached hydrogen (secondary N) is 2. The summed E-state index contributed by atoms with van der Waals surface area (Å²) in [5.41, 5.74) is 0.978. The Balaban J connectivity index is 2.27. The molecule has 1 aromatic carbocycles. The van der Waals surface area contributed by atoms with E-state index in [2.05, 4.69) is 51.4 Å². The van der Waals surface area contributed by atoms with Crippen molar-refractivity contribution in [1.82, 2.24) is 20.1 Å². The Bertz CT molecular complexity index is 650. The van der Waals surface area contributed by atoms with Crippen molar-refractivity contribution in [2.45, 2.75) is 36.5 Å². The summed E-state index contributed by atoms with van der Waals surface area (Å²) in [5.74, 6) is 0. The van der Waals surface area contributed by atoms with Gasteiger partial charge in [-0.05, 0) is 29.5 Å². The maximum absolute atomic E-state index is 11.4. The summed E-state index contributed by atoms with van der Waals surface area (Å²) in [4.78, 5) is 12.5. The molecule has 0 aliphatic carbocycles. The predicted octanol–water partition coefficient (Wildman–Crippen LogP) is 2.52. The minimum Gasteiger partial charge on any atom is -0.310 e. The highest BCUT2D eigenvalue weighted by Gasteiger charge is 2.11. The second-order valence-electron chi connectivity index (χ2n) is 4.76. The van der Waals surface area contributed by atoms with Gasteiger partial charge in [0.05, 0.1) is 0 Å².